The molecule has 0 unspecified atom stereocenters. The first kappa shape index (κ1) is 16.3. The van der Waals surface area contributed by atoms with Crippen LogP contribution in [0.1, 0.15) is 5.56 Å². The molecule has 1 aliphatic rings. The lowest BCUT2D eigenvalue weighted by atomic mass is 10.1. The van der Waals surface area contributed by atoms with Gasteiger partial charge in [-0.05, 0) is 23.8 Å². The van der Waals surface area contributed by atoms with Crippen molar-refractivity contribution in [1.82, 2.24) is 10.2 Å². The van der Waals surface area contributed by atoms with E-state index in [-0.39, 0.29) is 5.91 Å². The van der Waals surface area contributed by atoms with Gasteiger partial charge in [-0.3, -0.25) is 4.79 Å². The minimum absolute atomic E-state index is 0.169. The lowest BCUT2D eigenvalue weighted by Crippen LogP contribution is -2.48. The number of carbonyl (C=O) groups is 1. The highest BCUT2D eigenvalue weighted by atomic mass is 79.9. The van der Waals surface area contributed by atoms with Gasteiger partial charge in [-0.1, -0.05) is 15.9 Å². The Kier molecular flexibility index (Phi) is 6.02. The largest absolute Gasteiger partial charge is 0.383 e. The van der Waals surface area contributed by atoms with Crippen LogP contribution in [-0.4, -0.2) is 57.8 Å². The van der Waals surface area contributed by atoms with Crippen LogP contribution >= 0.6 is 15.9 Å². The Balaban J connectivity index is 2.09. The number of likely N-dealkylation sites (N-methyl/N-ethyl adjacent to an activating group) is 1. The summed E-state index contributed by atoms with van der Waals surface area (Å²) >= 11 is 3.52. The monoisotopic (exact) mass is 355 g/mol. The first-order chi connectivity index (χ1) is 10.1. The molecule has 0 aromatic heterocycles. The molecule has 1 N–H and O–H groups in total. The third-order valence-corrected chi connectivity index (χ3v) is 4.13. The van der Waals surface area contributed by atoms with Gasteiger partial charge in [-0.2, -0.15) is 0 Å². The maximum atomic E-state index is 11.9. The molecule has 1 saturated heterocycles. The maximum absolute atomic E-state index is 11.9. The van der Waals surface area contributed by atoms with Gasteiger partial charge in [0, 0.05) is 50.5 Å². The van der Waals surface area contributed by atoms with Crippen molar-refractivity contribution in [2.75, 3.05) is 51.8 Å². The standard InChI is InChI=1S/C15H22BrN3O2/c1-18-6-7-19(11-15(18)20)14-4-3-13(16)9-12(14)10-17-5-8-21-2/h3-4,9,17H,5-8,10-11H2,1-2H3. The second-order valence-corrected chi connectivity index (χ2v) is 6.10. The molecule has 1 aromatic carbocycles. The summed E-state index contributed by atoms with van der Waals surface area (Å²) in [5.41, 5.74) is 2.32. The molecule has 0 saturated carbocycles. The predicted molar refractivity (Wildman–Crippen MR) is 87.6 cm³/mol. The van der Waals surface area contributed by atoms with Crippen molar-refractivity contribution >= 4 is 27.5 Å². The van der Waals surface area contributed by atoms with Crippen molar-refractivity contribution in [2.45, 2.75) is 6.54 Å². The van der Waals surface area contributed by atoms with Gasteiger partial charge in [-0.25, -0.2) is 0 Å². The van der Waals surface area contributed by atoms with Gasteiger partial charge in [0.2, 0.25) is 5.91 Å². The van der Waals surface area contributed by atoms with Crippen LogP contribution in [0.3, 0.4) is 0 Å². The van der Waals surface area contributed by atoms with Crippen LogP contribution in [0.25, 0.3) is 0 Å². The Morgan fingerprint density at radius 3 is 2.90 bits per heavy atom. The van der Waals surface area contributed by atoms with E-state index in [2.05, 4.69) is 38.3 Å². The molecule has 1 amide bonds. The summed E-state index contributed by atoms with van der Waals surface area (Å²) in [6.45, 7) is 4.35. The molecule has 1 aliphatic heterocycles. The molecule has 0 aliphatic carbocycles. The Bertz CT molecular complexity index is 496. The third kappa shape index (κ3) is 4.43. The molecule has 1 heterocycles. The van der Waals surface area contributed by atoms with E-state index in [1.54, 1.807) is 12.0 Å². The number of carbonyl (C=O) groups excluding carboxylic acids is 1. The summed E-state index contributed by atoms with van der Waals surface area (Å²) in [5, 5.41) is 3.36. The second-order valence-electron chi connectivity index (χ2n) is 5.18. The van der Waals surface area contributed by atoms with Crippen molar-refractivity contribution < 1.29 is 9.53 Å². The van der Waals surface area contributed by atoms with Gasteiger partial charge >= 0.3 is 0 Å². The Labute approximate surface area is 134 Å². The van der Waals surface area contributed by atoms with Gasteiger partial charge in [-0.15, -0.1) is 0 Å². The lowest BCUT2D eigenvalue weighted by Gasteiger charge is -2.34. The molecule has 2 rings (SSSR count). The number of anilines is 1. The summed E-state index contributed by atoms with van der Waals surface area (Å²) in [5.74, 6) is 0.169. The van der Waals surface area contributed by atoms with Crippen molar-refractivity contribution in [3.8, 4) is 0 Å². The minimum Gasteiger partial charge on any atom is -0.383 e. The van der Waals surface area contributed by atoms with Gasteiger partial charge in [0.15, 0.2) is 0 Å². The van der Waals surface area contributed by atoms with Crippen LogP contribution in [0, 0.1) is 0 Å². The molecule has 21 heavy (non-hydrogen) atoms. The van der Waals surface area contributed by atoms with Gasteiger partial charge in [0.25, 0.3) is 0 Å². The number of hydrogen-bond acceptors (Lipinski definition) is 4. The van der Waals surface area contributed by atoms with E-state index in [9.17, 15) is 4.79 Å². The molecule has 0 bridgehead atoms. The summed E-state index contributed by atoms with van der Waals surface area (Å²) in [6.07, 6.45) is 0. The van der Waals surface area contributed by atoms with E-state index in [1.165, 1.54) is 5.56 Å². The molecule has 1 aromatic rings. The van der Waals surface area contributed by atoms with E-state index in [1.807, 2.05) is 13.1 Å². The van der Waals surface area contributed by atoms with Crippen molar-refractivity contribution in [2.24, 2.45) is 0 Å². The predicted octanol–water partition coefficient (Wildman–Crippen LogP) is 1.46. The highest BCUT2D eigenvalue weighted by Gasteiger charge is 2.22. The number of nitrogens with zero attached hydrogens (tertiary/aromatic N) is 2. The SMILES string of the molecule is COCCNCc1cc(Br)ccc1N1CCN(C)C(=O)C1. The minimum atomic E-state index is 0.169. The van der Waals surface area contributed by atoms with Crippen LogP contribution in [0.15, 0.2) is 22.7 Å². The third-order valence-electron chi connectivity index (χ3n) is 3.64. The number of amides is 1. The lowest BCUT2D eigenvalue weighted by molar-refractivity contribution is -0.129. The number of piperazine rings is 1. The van der Waals surface area contributed by atoms with Crippen LogP contribution in [-0.2, 0) is 16.1 Å². The second kappa shape index (κ2) is 7.77. The number of ether oxygens (including phenoxy) is 1. The van der Waals surface area contributed by atoms with E-state index < -0.39 is 0 Å². The molecule has 0 atom stereocenters. The number of hydrogen-bond donors (Lipinski definition) is 1. The zero-order valence-corrected chi connectivity index (χ0v) is 14.1. The van der Waals surface area contributed by atoms with Crippen LogP contribution in [0.5, 0.6) is 0 Å². The van der Waals surface area contributed by atoms with Gasteiger partial charge in [0.1, 0.15) is 0 Å². The fourth-order valence-corrected chi connectivity index (χ4v) is 2.77. The van der Waals surface area contributed by atoms with Crippen molar-refractivity contribution in [3.63, 3.8) is 0 Å². The smallest absolute Gasteiger partial charge is 0.241 e. The van der Waals surface area contributed by atoms with Gasteiger partial charge in [0.05, 0.1) is 13.2 Å². The zero-order chi connectivity index (χ0) is 15.2. The molecule has 6 heteroatoms. The quantitative estimate of drug-likeness (QED) is 0.784. The molecular formula is C15H22BrN3O2. The molecule has 116 valence electrons. The van der Waals surface area contributed by atoms with Crippen LogP contribution in [0.4, 0.5) is 5.69 Å². The molecule has 5 nitrogen and oxygen atoms in total. The van der Waals surface area contributed by atoms with Crippen LogP contribution < -0.4 is 10.2 Å². The summed E-state index contributed by atoms with van der Waals surface area (Å²) in [7, 11) is 3.55. The number of benzene rings is 1. The van der Waals surface area contributed by atoms with E-state index in [4.69, 9.17) is 4.74 Å². The molecule has 0 spiro atoms. The number of methoxy groups -OCH3 is 1. The topological polar surface area (TPSA) is 44.8 Å². The fraction of sp³-hybridized carbons (Fsp3) is 0.533. The molecule has 1 fully saturated rings. The first-order valence-electron chi connectivity index (χ1n) is 7.09. The van der Waals surface area contributed by atoms with Crippen molar-refractivity contribution in [3.05, 3.63) is 28.2 Å². The van der Waals surface area contributed by atoms with Crippen LogP contribution in [0.2, 0.25) is 0 Å². The normalized spacial score (nSPS) is 15.7. The number of nitrogens with one attached hydrogen (secondary N) is 1. The Hall–Kier alpha value is -1.11. The summed E-state index contributed by atoms with van der Waals surface area (Å²) in [4.78, 5) is 15.8. The number of rotatable bonds is 6. The average molecular weight is 356 g/mol. The average Bonchev–Trinajstić information content (AvgIpc) is 2.47. The summed E-state index contributed by atoms with van der Waals surface area (Å²) in [6, 6.07) is 6.21. The molecule has 0 radical (unpaired) electrons. The highest BCUT2D eigenvalue weighted by Crippen LogP contribution is 2.25. The summed E-state index contributed by atoms with van der Waals surface area (Å²) < 4.78 is 6.09. The first-order valence-corrected chi connectivity index (χ1v) is 7.88. The molecular weight excluding hydrogens is 334 g/mol. The Morgan fingerprint density at radius 2 is 2.19 bits per heavy atom. The van der Waals surface area contributed by atoms with Gasteiger partial charge < -0.3 is 19.9 Å². The zero-order valence-electron chi connectivity index (χ0n) is 12.6. The van der Waals surface area contributed by atoms with E-state index in [0.29, 0.717) is 13.2 Å². The maximum Gasteiger partial charge on any atom is 0.241 e. The number of halogens is 1. The fourth-order valence-electron chi connectivity index (χ4n) is 2.37. The highest BCUT2D eigenvalue weighted by molar-refractivity contribution is 9.10. The van der Waals surface area contributed by atoms with Crippen molar-refractivity contribution in [1.29, 1.82) is 0 Å². The van der Waals surface area contributed by atoms with E-state index >= 15 is 0 Å². The van der Waals surface area contributed by atoms with E-state index in [0.717, 1.165) is 36.3 Å². The Morgan fingerprint density at radius 1 is 1.38 bits per heavy atom.